The maximum atomic E-state index is 12.7. The van der Waals surface area contributed by atoms with Crippen LogP contribution in [0.1, 0.15) is 25.7 Å². The molecule has 0 spiro atoms. The number of halogens is 1. The van der Waals surface area contributed by atoms with E-state index in [1.807, 2.05) is 0 Å². The zero-order valence-corrected chi connectivity index (χ0v) is 10.4. The van der Waals surface area contributed by atoms with Gasteiger partial charge >= 0.3 is 0 Å². The first-order valence-corrected chi connectivity index (χ1v) is 6.45. The maximum Gasteiger partial charge on any atom is 0.123 e. The van der Waals surface area contributed by atoms with Crippen LogP contribution in [0.2, 0.25) is 0 Å². The van der Waals surface area contributed by atoms with Gasteiger partial charge in [-0.25, -0.2) is 4.39 Å². The van der Waals surface area contributed by atoms with Gasteiger partial charge in [-0.15, -0.1) is 0 Å². The number of ether oxygens (including phenoxy) is 1. The predicted molar refractivity (Wildman–Crippen MR) is 67.9 cm³/mol. The molecule has 3 N–H and O–H groups in total. The lowest BCUT2D eigenvalue weighted by molar-refractivity contribution is 0.00355. The van der Waals surface area contributed by atoms with Crippen molar-refractivity contribution in [3.63, 3.8) is 0 Å². The molecular weight excluding hydrogens is 233 g/mol. The number of nitrogens with two attached hydrogens (primary N) is 1. The van der Waals surface area contributed by atoms with Crippen LogP contribution in [0.25, 0.3) is 0 Å². The van der Waals surface area contributed by atoms with Crippen LogP contribution < -0.4 is 10.5 Å². The SMILES string of the molecule is NCC1(O)CCCC1CCOc1ccc(F)cc1. The zero-order valence-electron chi connectivity index (χ0n) is 10.4. The first-order chi connectivity index (χ1) is 8.64. The third kappa shape index (κ3) is 3.00. The van der Waals surface area contributed by atoms with Crippen molar-refractivity contribution < 1.29 is 14.2 Å². The molecule has 2 rings (SSSR count). The molecule has 0 bridgehead atoms. The molecule has 1 aromatic rings. The van der Waals surface area contributed by atoms with Crippen LogP contribution in [-0.2, 0) is 0 Å². The smallest absolute Gasteiger partial charge is 0.123 e. The summed E-state index contributed by atoms with van der Waals surface area (Å²) in [7, 11) is 0. The molecule has 1 aliphatic carbocycles. The highest BCUT2D eigenvalue weighted by Gasteiger charge is 2.39. The molecule has 0 aromatic heterocycles. The Morgan fingerprint density at radius 1 is 1.39 bits per heavy atom. The number of hydrogen-bond donors (Lipinski definition) is 2. The Bertz CT molecular complexity index is 382. The Morgan fingerprint density at radius 3 is 2.78 bits per heavy atom. The molecule has 2 unspecified atom stereocenters. The van der Waals surface area contributed by atoms with Crippen molar-refractivity contribution in [2.75, 3.05) is 13.2 Å². The monoisotopic (exact) mass is 253 g/mol. The van der Waals surface area contributed by atoms with Crippen molar-refractivity contribution in [1.29, 1.82) is 0 Å². The molecule has 1 saturated carbocycles. The Hall–Kier alpha value is -1.13. The van der Waals surface area contributed by atoms with Gasteiger partial charge in [0.25, 0.3) is 0 Å². The lowest BCUT2D eigenvalue weighted by Gasteiger charge is -2.28. The number of aliphatic hydroxyl groups is 1. The van der Waals surface area contributed by atoms with Crippen molar-refractivity contribution in [2.24, 2.45) is 11.7 Å². The van der Waals surface area contributed by atoms with E-state index in [0.29, 0.717) is 18.9 Å². The fourth-order valence-electron chi connectivity index (χ4n) is 2.66. The largest absolute Gasteiger partial charge is 0.494 e. The number of benzene rings is 1. The summed E-state index contributed by atoms with van der Waals surface area (Å²) in [5.41, 5.74) is 4.91. The van der Waals surface area contributed by atoms with Gasteiger partial charge in [0.15, 0.2) is 0 Å². The summed E-state index contributed by atoms with van der Waals surface area (Å²) >= 11 is 0. The van der Waals surface area contributed by atoms with Crippen LogP contribution in [-0.4, -0.2) is 23.9 Å². The van der Waals surface area contributed by atoms with E-state index >= 15 is 0 Å². The molecule has 100 valence electrons. The van der Waals surface area contributed by atoms with Crippen LogP contribution in [0, 0.1) is 11.7 Å². The first kappa shape index (κ1) is 13.3. The van der Waals surface area contributed by atoms with E-state index in [4.69, 9.17) is 10.5 Å². The molecule has 0 amide bonds. The summed E-state index contributed by atoms with van der Waals surface area (Å²) in [6.07, 6.45) is 3.59. The molecular formula is C14H20FNO2. The molecule has 0 aliphatic heterocycles. The van der Waals surface area contributed by atoms with Crippen molar-refractivity contribution in [3.8, 4) is 5.75 Å². The van der Waals surface area contributed by atoms with Gasteiger partial charge in [-0.3, -0.25) is 0 Å². The van der Waals surface area contributed by atoms with E-state index in [1.54, 1.807) is 12.1 Å². The molecule has 2 atom stereocenters. The van der Waals surface area contributed by atoms with Crippen molar-refractivity contribution in [2.45, 2.75) is 31.3 Å². The van der Waals surface area contributed by atoms with Crippen LogP contribution in [0.3, 0.4) is 0 Å². The van der Waals surface area contributed by atoms with Gasteiger partial charge in [-0.2, -0.15) is 0 Å². The lowest BCUT2D eigenvalue weighted by Crippen LogP contribution is -2.41. The molecule has 1 aromatic carbocycles. The van der Waals surface area contributed by atoms with E-state index < -0.39 is 5.60 Å². The quantitative estimate of drug-likeness (QED) is 0.844. The summed E-state index contributed by atoms with van der Waals surface area (Å²) < 4.78 is 18.2. The Balaban J connectivity index is 1.80. The predicted octanol–water partition coefficient (Wildman–Crippen LogP) is 2.08. The van der Waals surface area contributed by atoms with E-state index in [1.165, 1.54) is 12.1 Å². The van der Waals surface area contributed by atoms with Gasteiger partial charge in [0, 0.05) is 6.54 Å². The molecule has 0 saturated heterocycles. The average Bonchev–Trinajstić information content (AvgIpc) is 2.74. The zero-order chi connectivity index (χ0) is 13.0. The maximum absolute atomic E-state index is 12.7. The van der Waals surface area contributed by atoms with Crippen molar-refractivity contribution in [1.82, 2.24) is 0 Å². The van der Waals surface area contributed by atoms with E-state index in [2.05, 4.69) is 0 Å². The highest BCUT2D eigenvalue weighted by Crippen LogP contribution is 2.37. The summed E-state index contributed by atoms with van der Waals surface area (Å²) in [6, 6.07) is 5.97. The Morgan fingerprint density at radius 2 is 2.11 bits per heavy atom. The second-order valence-electron chi connectivity index (χ2n) is 4.99. The van der Waals surface area contributed by atoms with Crippen LogP contribution >= 0.6 is 0 Å². The van der Waals surface area contributed by atoms with Gasteiger partial charge in [0.2, 0.25) is 0 Å². The van der Waals surface area contributed by atoms with Crippen LogP contribution in [0.5, 0.6) is 5.75 Å². The second-order valence-corrected chi connectivity index (χ2v) is 4.99. The van der Waals surface area contributed by atoms with E-state index in [-0.39, 0.29) is 11.7 Å². The van der Waals surface area contributed by atoms with E-state index in [9.17, 15) is 9.50 Å². The van der Waals surface area contributed by atoms with Gasteiger partial charge in [0.1, 0.15) is 11.6 Å². The minimum Gasteiger partial charge on any atom is -0.494 e. The normalized spacial score (nSPS) is 27.4. The molecule has 3 nitrogen and oxygen atoms in total. The standard InChI is InChI=1S/C14H20FNO2/c15-12-3-5-13(6-4-12)18-9-7-11-2-1-8-14(11,17)10-16/h3-6,11,17H,1-2,7-10,16H2. The van der Waals surface area contributed by atoms with Crippen LogP contribution in [0.15, 0.2) is 24.3 Å². The summed E-state index contributed by atoms with van der Waals surface area (Å²) in [6.45, 7) is 0.840. The van der Waals surface area contributed by atoms with Gasteiger partial charge < -0.3 is 15.6 Å². The summed E-state index contributed by atoms with van der Waals surface area (Å²) in [5.74, 6) is 0.601. The van der Waals surface area contributed by atoms with Crippen molar-refractivity contribution >= 4 is 0 Å². The van der Waals surface area contributed by atoms with Crippen LogP contribution in [0.4, 0.5) is 4.39 Å². The Kier molecular flexibility index (Phi) is 4.19. The lowest BCUT2D eigenvalue weighted by atomic mass is 9.88. The van der Waals surface area contributed by atoms with Gasteiger partial charge in [-0.05, 0) is 49.4 Å². The highest BCUT2D eigenvalue weighted by atomic mass is 19.1. The molecule has 0 heterocycles. The molecule has 18 heavy (non-hydrogen) atoms. The molecule has 4 heteroatoms. The number of hydrogen-bond acceptors (Lipinski definition) is 3. The summed E-state index contributed by atoms with van der Waals surface area (Å²) in [4.78, 5) is 0. The minimum atomic E-state index is -0.716. The fraction of sp³-hybridized carbons (Fsp3) is 0.571. The van der Waals surface area contributed by atoms with Gasteiger partial charge in [-0.1, -0.05) is 6.42 Å². The highest BCUT2D eigenvalue weighted by molar-refractivity contribution is 5.21. The van der Waals surface area contributed by atoms with E-state index in [0.717, 1.165) is 25.7 Å². The summed E-state index contributed by atoms with van der Waals surface area (Å²) in [5, 5.41) is 10.3. The molecule has 0 radical (unpaired) electrons. The minimum absolute atomic E-state index is 0.211. The third-order valence-corrected chi connectivity index (χ3v) is 3.82. The molecule has 1 fully saturated rings. The van der Waals surface area contributed by atoms with Gasteiger partial charge in [0.05, 0.1) is 12.2 Å². The Labute approximate surface area is 107 Å². The van der Waals surface area contributed by atoms with Crippen molar-refractivity contribution in [3.05, 3.63) is 30.1 Å². The molecule has 1 aliphatic rings. The third-order valence-electron chi connectivity index (χ3n) is 3.82. The second kappa shape index (κ2) is 5.67. The fourth-order valence-corrected chi connectivity index (χ4v) is 2.66. The first-order valence-electron chi connectivity index (χ1n) is 6.45. The topological polar surface area (TPSA) is 55.5 Å². The average molecular weight is 253 g/mol. The number of rotatable bonds is 5.